The molecule has 0 heterocycles. The van der Waals surface area contributed by atoms with E-state index in [1.165, 1.54) is 0 Å². The molecular formula is C2H7AlClO. The lowest BCUT2D eigenvalue weighted by Crippen LogP contribution is -1.79. The molecule has 0 aromatic heterocycles. The van der Waals surface area contributed by atoms with Crippen LogP contribution in [0.5, 0.6) is 0 Å². The quantitative estimate of drug-likeness (QED) is 0.451. The van der Waals surface area contributed by atoms with Crippen LogP contribution in [0, 0.1) is 0 Å². The second kappa shape index (κ2) is 8.84. The summed E-state index contributed by atoms with van der Waals surface area (Å²) < 4.78 is 4.62. The first-order valence-electron chi connectivity index (χ1n) is 1.22. The SMILES string of the molecule is C[O][Al][CH3].Cl. The minimum atomic E-state index is 0. The molecule has 1 radical (unpaired) electrons. The summed E-state index contributed by atoms with van der Waals surface area (Å²) in [4.78, 5) is 0. The highest BCUT2D eigenvalue weighted by Gasteiger charge is 1.65. The summed E-state index contributed by atoms with van der Waals surface area (Å²) in [6.45, 7) is 0. The maximum atomic E-state index is 4.62. The maximum absolute atomic E-state index is 4.62. The van der Waals surface area contributed by atoms with Crippen molar-refractivity contribution >= 4 is 28.0 Å². The molecule has 0 aliphatic rings. The van der Waals surface area contributed by atoms with Crippen molar-refractivity contribution in [3.05, 3.63) is 0 Å². The lowest BCUT2D eigenvalue weighted by molar-refractivity contribution is 0.446. The van der Waals surface area contributed by atoms with Gasteiger partial charge in [0.15, 0.2) is 0 Å². The van der Waals surface area contributed by atoms with Gasteiger partial charge in [-0.25, -0.2) is 0 Å². The summed E-state index contributed by atoms with van der Waals surface area (Å²) >= 11 is 0.282. The standard InChI is InChI=1S/CH3O.CH3.Al.ClH/c1-2;;;/h1H3;1H3;;1H/q-1;;+1;. The Kier molecular flexibility index (Phi) is 16.3. The molecule has 0 spiro atoms. The smallest absolute Gasteiger partial charge is 0.419 e. The third kappa shape index (κ3) is 11.7. The zero-order valence-corrected chi connectivity index (χ0v) is 5.37. The van der Waals surface area contributed by atoms with Crippen LogP contribution in [-0.4, -0.2) is 22.7 Å². The molecule has 0 amide bonds. The van der Waals surface area contributed by atoms with Gasteiger partial charge in [-0.1, -0.05) is 5.79 Å². The minimum absolute atomic E-state index is 0. The molecule has 0 aromatic carbocycles. The first-order valence-corrected chi connectivity index (χ1v) is 2.85. The molecule has 0 saturated heterocycles. The van der Waals surface area contributed by atoms with Crippen molar-refractivity contribution in [2.24, 2.45) is 0 Å². The van der Waals surface area contributed by atoms with Crippen molar-refractivity contribution in [3.63, 3.8) is 0 Å². The van der Waals surface area contributed by atoms with Gasteiger partial charge >= 0.3 is 15.6 Å². The van der Waals surface area contributed by atoms with Gasteiger partial charge in [-0.3, -0.25) is 0 Å². The second-order valence-corrected chi connectivity index (χ2v) is 1.41. The van der Waals surface area contributed by atoms with Crippen molar-refractivity contribution in [2.75, 3.05) is 7.11 Å². The molecule has 31 valence electrons. The summed E-state index contributed by atoms with van der Waals surface area (Å²) in [6, 6.07) is 0. The molecule has 0 saturated carbocycles. The lowest BCUT2D eigenvalue weighted by Gasteiger charge is -1.73. The molecular weight excluding hydrogens is 102 g/mol. The van der Waals surface area contributed by atoms with E-state index in [2.05, 4.69) is 3.79 Å². The molecule has 0 aliphatic heterocycles. The number of hydrogen-bond donors (Lipinski definition) is 0. The molecule has 1 nitrogen and oxygen atoms in total. The van der Waals surface area contributed by atoms with Gasteiger partial charge in [0.05, 0.1) is 0 Å². The van der Waals surface area contributed by atoms with Crippen LogP contribution in [0.3, 0.4) is 0 Å². The summed E-state index contributed by atoms with van der Waals surface area (Å²) in [7, 11) is 1.72. The van der Waals surface area contributed by atoms with E-state index in [1.807, 2.05) is 5.79 Å². The van der Waals surface area contributed by atoms with Crippen LogP contribution in [0.4, 0.5) is 0 Å². The van der Waals surface area contributed by atoms with Gasteiger partial charge in [-0.15, -0.1) is 12.4 Å². The Bertz CT molecular complexity index is 11.6. The van der Waals surface area contributed by atoms with Crippen LogP contribution in [0.25, 0.3) is 0 Å². The van der Waals surface area contributed by atoms with E-state index in [1.54, 1.807) is 7.11 Å². The highest BCUT2D eigenvalue weighted by atomic mass is 35.5. The van der Waals surface area contributed by atoms with E-state index >= 15 is 0 Å². The van der Waals surface area contributed by atoms with Crippen LogP contribution in [0.1, 0.15) is 0 Å². The maximum Gasteiger partial charge on any atom is 0.419 e. The fourth-order valence-corrected chi connectivity index (χ4v) is 0. The molecule has 0 fully saturated rings. The third-order valence-electron chi connectivity index (χ3n) is 0.236. The highest BCUT2D eigenvalue weighted by molar-refractivity contribution is 6.24. The zero-order chi connectivity index (χ0) is 3.41. The van der Waals surface area contributed by atoms with E-state index in [-0.39, 0.29) is 28.0 Å². The van der Waals surface area contributed by atoms with Crippen molar-refractivity contribution in [1.82, 2.24) is 0 Å². The first-order chi connectivity index (χ1) is 1.91. The third-order valence-corrected chi connectivity index (χ3v) is 0.707. The van der Waals surface area contributed by atoms with Crippen molar-refractivity contribution < 1.29 is 3.79 Å². The summed E-state index contributed by atoms with van der Waals surface area (Å²) in [5.74, 6) is 2.04. The Labute approximate surface area is 45.2 Å². The van der Waals surface area contributed by atoms with Gasteiger partial charge in [0.2, 0.25) is 0 Å². The van der Waals surface area contributed by atoms with Gasteiger partial charge in [0, 0.05) is 7.11 Å². The Morgan fingerprint density at radius 2 is 1.80 bits per heavy atom. The topological polar surface area (TPSA) is 9.23 Å². The van der Waals surface area contributed by atoms with E-state index in [0.29, 0.717) is 0 Å². The van der Waals surface area contributed by atoms with Gasteiger partial charge in [-0.05, 0) is 0 Å². The summed E-state index contributed by atoms with van der Waals surface area (Å²) in [6.07, 6.45) is 0. The first kappa shape index (κ1) is 9.24. The molecule has 0 rings (SSSR count). The molecule has 0 aromatic rings. The van der Waals surface area contributed by atoms with Crippen LogP contribution in [-0.2, 0) is 3.79 Å². The van der Waals surface area contributed by atoms with Gasteiger partial charge in [0.1, 0.15) is 0 Å². The zero-order valence-electron chi connectivity index (χ0n) is 3.39. The van der Waals surface area contributed by atoms with Gasteiger partial charge in [-0.2, -0.15) is 0 Å². The van der Waals surface area contributed by atoms with Gasteiger partial charge in [0.25, 0.3) is 0 Å². The molecule has 0 aliphatic carbocycles. The monoisotopic (exact) mass is 109 g/mol. The molecule has 0 atom stereocenters. The lowest BCUT2D eigenvalue weighted by atomic mass is 11.8. The largest absolute Gasteiger partial charge is 0.509 e. The number of halogens is 1. The molecule has 3 heteroatoms. The Morgan fingerprint density at radius 1 is 1.60 bits per heavy atom. The van der Waals surface area contributed by atoms with Gasteiger partial charge < -0.3 is 3.79 Å². The van der Waals surface area contributed by atoms with E-state index in [4.69, 9.17) is 0 Å². The number of hydrogen-bond acceptors (Lipinski definition) is 1. The minimum Gasteiger partial charge on any atom is -0.509 e. The van der Waals surface area contributed by atoms with Crippen LogP contribution < -0.4 is 0 Å². The Hall–Kier alpha value is 0.782. The number of rotatable bonds is 1. The average molecular weight is 110 g/mol. The van der Waals surface area contributed by atoms with Crippen LogP contribution in [0.15, 0.2) is 0 Å². The second-order valence-electron chi connectivity index (χ2n) is 0.471. The van der Waals surface area contributed by atoms with Crippen molar-refractivity contribution in [2.45, 2.75) is 5.79 Å². The summed E-state index contributed by atoms with van der Waals surface area (Å²) in [5.41, 5.74) is 0. The summed E-state index contributed by atoms with van der Waals surface area (Å²) in [5, 5.41) is 0. The predicted octanol–water partition coefficient (Wildman–Crippen LogP) is 0.722. The van der Waals surface area contributed by atoms with Crippen LogP contribution >= 0.6 is 12.4 Å². The molecule has 0 unspecified atom stereocenters. The van der Waals surface area contributed by atoms with E-state index in [0.717, 1.165) is 0 Å². The van der Waals surface area contributed by atoms with Crippen molar-refractivity contribution in [1.29, 1.82) is 0 Å². The van der Waals surface area contributed by atoms with E-state index < -0.39 is 0 Å². The van der Waals surface area contributed by atoms with E-state index in [9.17, 15) is 0 Å². The molecule has 5 heavy (non-hydrogen) atoms. The molecule has 0 N–H and O–H groups in total. The Morgan fingerprint density at radius 3 is 1.80 bits per heavy atom. The van der Waals surface area contributed by atoms with Crippen molar-refractivity contribution in [3.8, 4) is 0 Å². The fourth-order valence-electron chi connectivity index (χ4n) is 0. The van der Waals surface area contributed by atoms with Crippen LogP contribution in [0.2, 0.25) is 5.79 Å². The average Bonchev–Trinajstić information content (AvgIpc) is 1.37. The Balaban J connectivity index is 0. The normalized spacial score (nSPS) is 5.20. The molecule has 0 bridgehead atoms. The predicted molar refractivity (Wildman–Crippen MR) is 25.9 cm³/mol. The highest BCUT2D eigenvalue weighted by Crippen LogP contribution is 1.47. The fraction of sp³-hybridized carbons (Fsp3) is 1.00.